The van der Waals surface area contributed by atoms with Crippen molar-refractivity contribution >= 4 is 23.0 Å². The van der Waals surface area contributed by atoms with Gasteiger partial charge >= 0.3 is 0 Å². The van der Waals surface area contributed by atoms with Crippen LogP contribution in [0.5, 0.6) is 0 Å². The first-order valence-corrected chi connectivity index (χ1v) is 6.98. The lowest BCUT2D eigenvalue weighted by Crippen LogP contribution is -1.86. The van der Waals surface area contributed by atoms with E-state index in [4.69, 9.17) is 0 Å². The van der Waals surface area contributed by atoms with E-state index in [1.165, 1.54) is 22.9 Å². The minimum absolute atomic E-state index is 0.194. The fraction of sp³-hybridized carbons (Fsp3) is 0.400. The molecule has 0 spiro atoms. The summed E-state index contributed by atoms with van der Waals surface area (Å²) in [6.07, 6.45) is 5.18. The molecule has 1 aromatic rings. The van der Waals surface area contributed by atoms with Gasteiger partial charge in [0.15, 0.2) is 5.12 Å². The normalized spacial score (nSPS) is 11.3. The smallest absolute Gasteiger partial charge is 0.185 e. The third-order valence-electron chi connectivity index (χ3n) is 2.50. The highest BCUT2D eigenvalue weighted by atomic mass is 32.2. The molecule has 0 radical (unpaired) electrons. The Morgan fingerprint density at radius 2 is 1.94 bits per heavy atom. The van der Waals surface area contributed by atoms with Crippen LogP contribution in [0, 0.1) is 0 Å². The molecule has 0 aliphatic carbocycles. The predicted molar refractivity (Wildman–Crippen MR) is 77.3 cm³/mol. The number of carbonyl (C=O) groups is 1. The zero-order valence-corrected chi connectivity index (χ0v) is 11.6. The average molecular weight is 248 g/mol. The van der Waals surface area contributed by atoms with Crippen LogP contribution in [0.25, 0.3) is 6.08 Å². The van der Waals surface area contributed by atoms with Crippen molar-refractivity contribution in [3.63, 3.8) is 0 Å². The van der Waals surface area contributed by atoms with Crippen LogP contribution in [0.15, 0.2) is 30.3 Å². The number of hydrogen-bond acceptors (Lipinski definition) is 2. The topological polar surface area (TPSA) is 17.1 Å². The minimum Gasteiger partial charge on any atom is -0.288 e. The largest absolute Gasteiger partial charge is 0.288 e. The molecule has 17 heavy (non-hydrogen) atoms. The van der Waals surface area contributed by atoms with Crippen LogP contribution in [-0.4, -0.2) is 10.9 Å². The fourth-order valence-electron chi connectivity index (χ4n) is 1.48. The third-order valence-corrected chi connectivity index (χ3v) is 3.35. The number of allylic oxidation sites excluding steroid dienone is 1. The molecule has 0 aliphatic rings. The molecule has 0 aliphatic heterocycles. The third kappa shape index (κ3) is 5.73. The average Bonchev–Trinajstić information content (AvgIpc) is 2.29. The summed E-state index contributed by atoms with van der Waals surface area (Å²) in [7, 11) is 0. The van der Waals surface area contributed by atoms with E-state index in [0.717, 1.165) is 12.2 Å². The number of thioether (sulfide) groups is 1. The molecule has 0 saturated heterocycles. The van der Waals surface area contributed by atoms with Crippen molar-refractivity contribution < 1.29 is 4.79 Å². The van der Waals surface area contributed by atoms with Gasteiger partial charge in [0.25, 0.3) is 0 Å². The monoisotopic (exact) mass is 248 g/mol. The van der Waals surface area contributed by atoms with Crippen molar-refractivity contribution in [3.05, 3.63) is 41.5 Å². The van der Waals surface area contributed by atoms with E-state index in [1.54, 1.807) is 6.92 Å². The fourth-order valence-corrected chi connectivity index (χ4v) is 2.02. The highest BCUT2D eigenvalue weighted by Crippen LogP contribution is 2.15. The van der Waals surface area contributed by atoms with E-state index in [9.17, 15) is 4.79 Å². The minimum atomic E-state index is 0.194. The summed E-state index contributed by atoms with van der Waals surface area (Å²) in [5, 5.41) is 0.194. The van der Waals surface area contributed by atoms with Gasteiger partial charge in [0.1, 0.15) is 0 Å². The molecule has 2 heteroatoms. The summed E-state index contributed by atoms with van der Waals surface area (Å²) in [5.74, 6) is 1.45. The van der Waals surface area contributed by atoms with Crippen LogP contribution < -0.4 is 0 Å². The van der Waals surface area contributed by atoms with Gasteiger partial charge in [0.2, 0.25) is 0 Å². The molecule has 0 unspecified atom stereocenters. The Morgan fingerprint density at radius 1 is 1.29 bits per heavy atom. The SMILES string of the molecule is CC(=O)SCCC=Cc1ccc(C(C)C)cc1. The van der Waals surface area contributed by atoms with E-state index in [2.05, 4.69) is 50.3 Å². The number of rotatable bonds is 5. The summed E-state index contributed by atoms with van der Waals surface area (Å²) in [6.45, 7) is 6.01. The van der Waals surface area contributed by atoms with E-state index < -0.39 is 0 Å². The first-order valence-electron chi connectivity index (χ1n) is 5.99. The maximum absolute atomic E-state index is 10.7. The van der Waals surface area contributed by atoms with Crippen LogP contribution in [0.1, 0.15) is 44.2 Å². The molecule has 92 valence electrons. The van der Waals surface area contributed by atoms with E-state index in [0.29, 0.717) is 5.92 Å². The first kappa shape index (κ1) is 14.0. The highest BCUT2D eigenvalue weighted by Gasteiger charge is 1.97. The van der Waals surface area contributed by atoms with Crippen LogP contribution in [0.3, 0.4) is 0 Å². The van der Waals surface area contributed by atoms with Gasteiger partial charge in [0.05, 0.1) is 0 Å². The molecule has 0 heterocycles. The maximum Gasteiger partial charge on any atom is 0.185 e. The van der Waals surface area contributed by atoms with Gasteiger partial charge in [-0.15, -0.1) is 0 Å². The number of benzene rings is 1. The van der Waals surface area contributed by atoms with Gasteiger partial charge in [0, 0.05) is 12.7 Å². The summed E-state index contributed by atoms with van der Waals surface area (Å²) < 4.78 is 0. The molecule has 0 atom stereocenters. The lowest BCUT2D eigenvalue weighted by molar-refractivity contribution is -0.109. The van der Waals surface area contributed by atoms with Crippen LogP contribution >= 0.6 is 11.8 Å². The molecule has 0 bridgehead atoms. The van der Waals surface area contributed by atoms with Crippen molar-refractivity contribution in [2.45, 2.75) is 33.1 Å². The Labute approximate surface area is 108 Å². The van der Waals surface area contributed by atoms with Gasteiger partial charge in [-0.2, -0.15) is 0 Å². The zero-order chi connectivity index (χ0) is 12.7. The standard InChI is InChI=1S/C15H20OS/c1-12(2)15-9-7-14(8-10-15)6-4-5-11-17-13(3)16/h4,6-10,12H,5,11H2,1-3H3. The van der Waals surface area contributed by atoms with Crippen molar-refractivity contribution in [2.24, 2.45) is 0 Å². The van der Waals surface area contributed by atoms with Gasteiger partial charge in [-0.05, 0) is 23.5 Å². The predicted octanol–water partition coefficient (Wildman–Crippen LogP) is 4.49. The number of carbonyl (C=O) groups excluding carboxylic acids is 1. The molecule has 0 N–H and O–H groups in total. The lowest BCUT2D eigenvalue weighted by Gasteiger charge is -2.04. The highest BCUT2D eigenvalue weighted by molar-refractivity contribution is 8.13. The Kier molecular flexibility index (Phi) is 6.06. The second-order valence-corrected chi connectivity index (χ2v) is 5.62. The Bertz CT molecular complexity index is 376. The van der Waals surface area contributed by atoms with Gasteiger partial charge < -0.3 is 0 Å². The Balaban J connectivity index is 2.41. The second-order valence-electron chi connectivity index (χ2n) is 4.35. The molecule has 1 aromatic carbocycles. The molecular weight excluding hydrogens is 228 g/mol. The molecular formula is C15H20OS. The van der Waals surface area contributed by atoms with Crippen molar-refractivity contribution in [2.75, 3.05) is 5.75 Å². The van der Waals surface area contributed by atoms with Crippen LogP contribution in [0.2, 0.25) is 0 Å². The lowest BCUT2D eigenvalue weighted by atomic mass is 10.0. The van der Waals surface area contributed by atoms with Gasteiger partial charge in [-0.1, -0.05) is 62.0 Å². The summed E-state index contributed by atoms with van der Waals surface area (Å²) >= 11 is 1.38. The molecule has 1 rings (SSSR count). The van der Waals surface area contributed by atoms with Crippen molar-refractivity contribution in [1.29, 1.82) is 0 Å². The maximum atomic E-state index is 10.7. The van der Waals surface area contributed by atoms with E-state index in [1.807, 2.05) is 0 Å². The summed E-state index contributed by atoms with van der Waals surface area (Å²) in [5.41, 5.74) is 2.59. The van der Waals surface area contributed by atoms with Crippen molar-refractivity contribution in [1.82, 2.24) is 0 Å². The number of hydrogen-bond donors (Lipinski definition) is 0. The van der Waals surface area contributed by atoms with E-state index >= 15 is 0 Å². The molecule has 0 saturated carbocycles. The second kappa shape index (κ2) is 7.33. The quantitative estimate of drug-likeness (QED) is 0.714. The summed E-state index contributed by atoms with van der Waals surface area (Å²) in [6, 6.07) is 8.64. The Morgan fingerprint density at radius 3 is 2.47 bits per heavy atom. The Hall–Kier alpha value is -1.02. The summed E-state index contributed by atoms with van der Waals surface area (Å²) in [4.78, 5) is 10.7. The van der Waals surface area contributed by atoms with Crippen molar-refractivity contribution in [3.8, 4) is 0 Å². The van der Waals surface area contributed by atoms with Crippen LogP contribution in [0.4, 0.5) is 0 Å². The molecule has 1 nitrogen and oxygen atoms in total. The molecule has 0 amide bonds. The molecule has 0 fully saturated rings. The molecule has 0 aromatic heterocycles. The van der Waals surface area contributed by atoms with Crippen LogP contribution in [-0.2, 0) is 4.79 Å². The van der Waals surface area contributed by atoms with Gasteiger partial charge in [-0.3, -0.25) is 4.79 Å². The first-order chi connectivity index (χ1) is 8.09. The zero-order valence-electron chi connectivity index (χ0n) is 10.8. The van der Waals surface area contributed by atoms with E-state index in [-0.39, 0.29) is 5.12 Å². The van der Waals surface area contributed by atoms with Gasteiger partial charge in [-0.25, -0.2) is 0 Å².